The summed E-state index contributed by atoms with van der Waals surface area (Å²) in [5, 5.41) is 9.33. The van der Waals surface area contributed by atoms with Crippen molar-refractivity contribution in [2.24, 2.45) is 5.92 Å². The first-order chi connectivity index (χ1) is 14.5. The zero-order valence-corrected chi connectivity index (χ0v) is 18.9. The fourth-order valence-corrected chi connectivity index (χ4v) is 4.93. The van der Waals surface area contributed by atoms with Crippen molar-refractivity contribution >= 4 is 17.5 Å². The second-order valence-corrected chi connectivity index (χ2v) is 9.56. The lowest BCUT2D eigenvalue weighted by Gasteiger charge is -2.25. The summed E-state index contributed by atoms with van der Waals surface area (Å²) in [6.07, 6.45) is 6.12. The predicted molar refractivity (Wildman–Crippen MR) is 121 cm³/mol. The molecule has 5 nitrogen and oxygen atoms in total. The van der Waals surface area contributed by atoms with Crippen LogP contribution in [0.15, 0.2) is 24.3 Å². The van der Waals surface area contributed by atoms with Gasteiger partial charge in [0, 0.05) is 42.0 Å². The quantitative estimate of drug-likeness (QED) is 0.721. The molecule has 1 fully saturated rings. The maximum Gasteiger partial charge on any atom is 0.274 e. The van der Waals surface area contributed by atoms with Crippen molar-refractivity contribution in [2.45, 2.75) is 65.0 Å². The molecule has 1 aliphatic carbocycles. The highest BCUT2D eigenvalue weighted by Crippen LogP contribution is 2.27. The van der Waals surface area contributed by atoms with Gasteiger partial charge in [-0.1, -0.05) is 37.6 Å². The molecule has 2 aliphatic rings. The highest BCUT2D eigenvalue weighted by atomic mass is 35.5. The fourth-order valence-electron chi connectivity index (χ4n) is 4.71. The number of nitrogens with one attached hydrogen (secondary N) is 1. The highest BCUT2D eigenvalue weighted by Gasteiger charge is 2.31. The van der Waals surface area contributed by atoms with Crippen LogP contribution >= 0.6 is 11.6 Å². The summed E-state index contributed by atoms with van der Waals surface area (Å²) in [5.41, 5.74) is 4.41. The Kier molecular flexibility index (Phi) is 6.79. The van der Waals surface area contributed by atoms with E-state index in [0.29, 0.717) is 17.7 Å². The number of aromatic nitrogens is 2. The van der Waals surface area contributed by atoms with Crippen LogP contribution in [0.3, 0.4) is 0 Å². The van der Waals surface area contributed by atoms with E-state index in [4.69, 9.17) is 16.7 Å². The van der Waals surface area contributed by atoms with E-state index in [1.54, 1.807) is 0 Å². The minimum atomic E-state index is 0.130. The molecule has 1 aliphatic heterocycles. The molecule has 2 heterocycles. The van der Waals surface area contributed by atoms with Crippen LogP contribution in [-0.4, -0.2) is 46.3 Å². The van der Waals surface area contributed by atoms with Crippen molar-refractivity contribution in [1.82, 2.24) is 20.0 Å². The zero-order valence-electron chi connectivity index (χ0n) is 18.2. The maximum absolute atomic E-state index is 13.2. The van der Waals surface area contributed by atoms with Gasteiger partial charge >= 0.3 is 0 Å². The molecule has 162 valence electrons. The third-order valence-electron chi connectivity index (χ3n) is 6.22. The summed E-state index contributed by atoms with van der Waals surface area (Å²) in [6.45, 7) is 7.94. The third-order valence-corrected chi connectivity index (χ3v) is 6.45. The molecule has 0 saturated carbocycles. The SMILES string of the molecule is CC(C)Cn1nc(C(=O)N2CCCC2)c2c1CC[C@@H](NCCc1cccc(Cl)c1)C2. The lowest BCUT2D eigenvalue weighted by Crippen LogP contribution is -2.37. The molecular formula is C24H33ClN4O. The standard InChI is InChI=1S/C24H33ClN4O/c1-17(2)16-29-22-9-8-20(26-11-10-18-6-5-7-19(25)14-18)15-21(22)23(27-29)24(30)28-12-3-4-13-28/h5-7,14,17,20,26H,3-4,8-13,15-16H2,1-2H3/t20-/m1/s1. The molecule has 30 heavy (non-hydrogen) atoms. The zero-order chi connectivity index (χ0) is 21.1. The van der Waals surface area contributed by atoms with Gasteiger partial charge in [-0.15, -0.1) is 0 Å². The lowest BCUT2D eigenvalue weighted by molar-refractivity contribution is 0.0784. The molecule has 1 aromatic carbocycles. The summed E-state index contributed by atoms with van der Waals surface area (Å²) in [4.78, 5) is 15.2. The number of likely N-dealkylation sites (tertiary alicyclic amines) is 1. The first-order valence-corrected chi connectivity index (χ1v) is 11.7. The van der Waals surface area contributed by atoms with Gasteiger partial charge in [-0.25, -0.2) is 0 Å². The molecular weight excluding hydrogens is 396 g/mol. The molecule has 0 spiro atoms. The Labute approximate surface area is 184 Å². The van der Waals surface area contributed by atoms with Crippen LogP contribution in [0.1, 0.15) is 60.4 Å². The highest BCUT2D eigenvalue weighted by molar-refractivity contribution is 6.30. The molecule has 2 aromatic rings. The monoisotopic (exact) mass is 428 g/mol. The number of rotatable bonds is 7. The van der Waals surface area contributed by atoms with Gasteiger partial charge in [0.15, 0.2) is 5.69 Å². The van der Waals surface area contributed by atoms with Gasteiger partial charge in [0.2, 0.25) is 0 Å². The Hall–Kier alpha value is -1.85. The van der Waals surface area contributed by atoms with Crippen LogP contribution in [0.2, 0.25) is 5.02 Å². The summed E-state index contributed by atoms with van der Waals surface area (Å²) >= 11 is 6.10. The Morgan fingerprint density at radius 1 is 1.30 bits per heavy atom. The number of carbonyl (C=O) groups is 1. The van der Waals surface area contributed by atoms with Gasteiger partial charge in [0.1, 0.15) is 0 Å². The third kappa shape index (κ3) is 4.89. The average molecular weight is 429 g/mol. The molecule has 0 radical (unpaired) electrons. The van der Waals surface area contributed by atoms with E-state index in [1.807, 2.05) is 23.1 Å². The fraction of sp³-hybridized carbons (Fsp3) is 0.583. The summed E-state index contributed by atoms with van der Waals surface area (Å²) < 4.78 is 2.12. The second kappa shape index (κ2) is 9.52. The van der Waals surface area contributed by atoms with Crippen molar-refractivity contribution in [3.8, 4) is 0 Å². The van der Waals surface area contributed by atoms with Crippen LogP contribution in [0.4, 0.5) is 0 Å². The second-order valence-electron chi connectivity index (χ2n) is 9.12. The maximum atomic E-state index is 13.2. The minimum Gasteiger partial charge on any atom is -0.337 e. The average Bonchev–Trinajstić information content (AvgIpc) is 3.36. The Bertz CT molecular complexity index is 885. The van der Waals surface area contributed by atoms with Crippen molar-refractivity contribution in [3.05, 3.63) is 51.8 Å². The summed E-state index contributed by atoms with van der Waals surface area (Å²) in [5.74, 6) is 0.642. The molecule has 1 amide bonds. The molecule has 1 N–H and O–H groups in total. The van der Waals surface area contributed by atoms with Crippen molar-refractivity contribution in [1.29, 1.82) is 0 Å². The minimum absolute atomic E-state index is 0.130. The van der Waals surface area contributed by atoms with Crippen molar-refractivity contribution in [3.63, 3.8) is 0 Å². The first-order valence-electron chi connectivity index (χ1n) is 11.4. The largest absolute Gasteiger partial charge is 0.337 e. The van der Waals surface area contributed by atoms with Gasteiger partial charge in [-0.2, -0.15) is 5.10 Å². The number of carbonyl (C=O) groups excluding carboxylic acids is 1. The van der Waals surface area contributed by atoms with Crippen molar-refractivity contribution in [2.75, 3.05) is 19.6 Å². The van der Waals surface area contributed by atoms with Gasteiger partial charge in [0.25, 0.3) is 5.91 Å². The Morgan fingerprint density at radius 2 is 2.10 bits per heavy atom. The van der Waals surface area contributed by atoms with Gasteiger partial charge in [0.05, 0.1) is 0 Å². The van der Waals surface area contributed by atoms with E-state index < -0.39 is 0 Å². The first kappa shape index (κ1) is 21.4. The Balaban J connectivity index is 1.46. The van der Waals surface area contributed by atoms with Crippen LogP contribution in [-0.2, 0) is 25.8 Å². The normalized spacial score (nSPS) is 18.8. The Morgan fingerprint density at radius 3 is 2.83 bits per heavy atom. The summed E-state index contributed by atoms with van der Waals surface area (Å²) in [6, 6.07) is 8.46. The van der Waals surface area contributed by atoms with Gasteiger partial charge in [-0.05, 0) is 68.7 Å². The molecule has 0 bridgehead atoms. The smallest absolute Gasteiger partial charge is 0.274 e. The molecule has 1 aromatic heterocycles. The number of fused-ring (bicyclic) bond motifs is 1. The summed E-state index contributed by atoms with van der Waals surface area (Å²) in [7, 11) is 0. The van der Waals surface area contributed by atoms with Crippen LogP contribution in [0.5, 0.6) is 0 Å². The van der Waals surface area contributed by atoms with E-state index in [9.17, 15) is 4.79 Å². The van der Waals surface area contributed by atoms with Crippen LogP contribution in [0, 0.1) is 5.92 Å². The number of benzene rings is 1. The lowest BCUT2D eigenvalue weighted by atomic mass is 9.90. The van der Waals surface area contributed by atoms with E-state index in [0.717, 1.165) is 69.7 Å². The van der Waals surface area contributed by atoms with E-state index >= 15 is 0 Å². The van der Waals surface area contributed by atoms with E-state index in [-0.39, 0.29) is 5.91 Å². The topological polar surface area (TPSA) is 50.2 Å². The number of hydrogen-bond acceptors (Lipinski definition) is 3. The molecule has 1 saturated heterocycles. The van der Waals surface area contributed by atoms with Crippen LogP contribution in [0.25, 0.3) is 0 Å². The van der Waals surface area contributed by atoms with Gasteiger partial charge in [-0.3, -0.25) is 9.48 Å². The van der Waals surface area contributed by atoms with Crippen molar-refractivity contribution < 1.29 is 4.79 Å². The predicted octanol–water partition coefficient (Wildman–Crippen LogP) is 4.12. The number of halogens is 1. The number of nitrogens with zero attached hydrogens (tertiary/aromatic N) is 3. The molecule has 1 atom stereocenters. The molecule has 6 heteroatoms. The van der Waals surface area contributed by atoms with E-state index in [2.05, 4.69) is 29.9 Å². The van der Waals surface area contributed by atoms with E-state index in [1.165, 1.54) is 16.8 Å². The number of amides is 1. The molecule has 0 unspecified atom stereocenters. The number of hydrogen-bond donors (Lipinski definition) is 1. The van der Waals surface area contributed by atoms with Gasteiger partial charge < -0.3 is 10.2 Å². The van der Waals surface area contributed by atoms with Crippen LogP contribution < -0.4 is 5.32 Å². The molecule has 4 rings (SSSR count).